The zero-order valence-electron chi connectivity index (χ0n) is 14.3. The van der Waals surface area contributed by atoms with E-state index in [1.54, 1.807) is 14.0 Å². The molecule has 0 radical (unpaired) electrons. The molecular weight excluding hydrogens is 348 g/mol. The minimum absolute atomic E-state index is 0.331. The minimum atomic E-state index is -0.791. The Morgan fingerprint density at radius 3 is 2.84 bits per heavy atom. The number of alkyl carbamates (subject to hydrolysis) is 1. The summed E-state index contributed by atoms with van der Waals surface area (Å²) in [5.74, 6) is 0.408. The highest BCUT2D eigenvalue weighted by atomic mass is 32.1. The molecule has 136 valence electrons. The van der Waals surface area contributed by atoms with E-state index in [1.165, 1.54) is 18.4 Å². The quantitative estimate of drug-likeness (QED) is 0.679. The maximum absolute atomic E-state index is 12.2. The van der Waals surface area contributed by atoms with Crippen LogP contribution in [0.4, 0.5) is 4.79 Å². The van der Waals surface area contributed by atoms with Crippen molar-refractivity contribution >= 4 is 23.3 Å². The number of nitrogens with zero attached hydrogens (tertiary/aromatic N) is 2. The fraction of sp³-hybridized carbons (Fsp3) is 0.467. The van der Waals surface area contributed by atoms with Crippen LogP contribution in [0.1, 0.15) is 12.8 Å². The van der Waals surface area contributed by atoms with E-state index in [0.717, 1.165) is 9.78 Å². The van der Waals surface area contributed by atoms with Crippen LogP contribution in [0, 0.1) is 0 Å². The lowest BCUT2D eigenvalue weighted by atomic mass is 10.2. The summed E-state index contributed by atoms with van der Waals surface area (Å²) in [5.41, 5.74) is 0. The number of thiophene rings is 1. The van der Waals surface area contributed by atoms with Gasteiger partial charge in [-0.3, -0.25) is 10.1 Å². The Balaban J connectivity index is 2.06. The number of imide groups is 1. The first kappa shape index (κ1) is 19.0. The van der Waals surface area contributed by atoms with Crippen molar-refractivity contribution in [3.05, 3.63) is 23.4 Å². The third kappa shape index (κ3) is 5.34. The summed E-state index contributed by atoms with van der Waals surface area (Å²) >= 11 is 1.50. The second-order valence-electron chi connectivity index (χ2n) is 5.26. The van der Waals surface area contributed by atoms with E-state index < -0.39 is 18.0 Å². The lowest BCUT2D eigenvalue weighted by Gasteiger charge is -2.23. The number of quaternary nitrogens is 1. The second-order valence-corrected chi connectivity index (χ2v) is 6.21. The highest BCUT2D eigenvalue weighted by Crippen LogP contribution is 2.22. The van der Waals surface area contributed by atoms with Crippen LogP contribution in [-0.4, -0.2) is 55.6 Å². The molecule has 0 fully saturated rings. The largest absolute Gasteiger partial charge is 0.453 e. The normalized spacial score (nSPS) is 13.2. The van der Waals surface area contributed by atoms with Crippen molar-refractivity contribution in [3.8, 4) is 10.8 Å². The molecule has 25 heavy (non-hydrogen) atoms. The Morgan fingerprint density at radius 1 is 1.40 bits per heavy atom. The van der Waals surface area contributed by atoms with Gasteiger partial charge >= 0.3 is 6.09 Å². The predicted octanol–water partition coefficient (Wildman–Crippen LogP) is 0.101. The molecule has 2 aromatic heterocycles. The number of carbonyl (C=O) groups is 2. The third-order valence-electron chi connectivity index (χ3n) is 3.62. The molecule has 2 aromatic rings. The number of hydrogen-bond donors (Lipinski definition) is 2. The second kappa shape index (κ2) is 9.25. The van der Waals surface area contributed by atoms with Crippen LogP contribution in [0.3, 0.4) is 0 Å². The summed E-state index contributed by atoms with van der Waals surface area (Å²) in [6.45, 7) is 3.01. The zero-order chi connectivity index (χ0) is 18.2. The fourth-order valence-electron chi connectivity index (χ4n) is 2.16. The van der Waals surface area contributed by atoms with E-state index >= 15 is 0 Å². The summed E-state index contributed by atoms with van der Waals surface area (Å²) in [7, 11) is 2.78. The van der Waals surface area contributed by atoms with E-state index in [4.69, 9.17) is 9.15 Å². The number of methoxy groups -OCH3 is 2. The summed E-state index contributed by atoms with van der Waals surface area (Å²) in [5, 5.41) is 12.2. The number of nitrogens with one attached hydrogen (secondary N) is 2. The summed E-state index contributed by atoms with van der Waals surface area (Å²) < 4.78 is 15.2. The molecular formula is C15H21N4O5S+. The van der Waals surface area contributed by atoms with Crippen molar-refractivity contribution in [2.24, 2.45) is 0 Å². The molecule has 2 amide bonds. The van der Waals surface area contributed by atoms with Gasteiger partial charge in [0.25, 0.3) is 17.7 Å². The number of aromatic nitrogens is 2. The van der Waals surface area contributed by atoms with Crippen LogP contribution in [0.25, 0.3) is 10.8 Å². The molecule has 0 aliphatic rings. The highest BCUT2D eigenvalue weighted by Gasteiger charge is 2.28. The molecule has 2 heterocycles. The Labute approximate surface area is 148 Å². The van der Waals surface area contributed by atoms with Gasteiger partial charge in [0.1, 0.15) is 6.54 Å². The molecule has 0 aromatic carbocycles. The van der Waals surface area contributed by atoms with Crippen LogP contribution in [0.5, 0.6) is 0 Å². The van der Waals surface area contributed by atoms with Gasteiger partial charge in [0, 0.05) is 7.11 Å². The SMILES string of the molecule is COCC[NH+](Cc1nnc(-c2cccs2)o1)[C@@H](C)C(=O)NC(=O)OC. The van der Waals surface area contributed by atoms with Crippen LogP contribution >= 0.6 is 11.3 Å². The van der Waals surface area contributed by atoms with Crippen LogP contribution in [0.2, 0.25) is 0 Å². The molecule has 1 unspecified atom stereocenters. The Bertz CT molecular complexity index is 688. The van der Waals surface area contributed by atoms with Crippen LogP contribution < -0.4 is 10.2 Å². The molecule has 10 heteroatoms. The van der Waals surface area contributed by atoms with Crippen LogP contribution in [0.15, 0.2) is 21.9 Å². The molecule has 0 saturated carbocycles. The molecule has 0 aliphatic heterocycles. The van der Waals surface area contributed by atoms with Gasteiger partial charge < -0.3 is 18.8 Å². The highest BCUT2D eigenvalue weighted by molar-refractivity contribution is 7.13. The third-order valence-corrected chi connectivity index (χ3v) is 4.48. The van der Waals surface area contributed by atoms with Gasteiger partial charge in [-0.1, -0.05) is 6.07 Å². The van der Waals surface area contributed by atoms with Gasteiger partial charge in [0.05, 0.1) is 18.6 Å². The summed E-state index contributed by atoms with van der Waals surface area (Å²) in [6, 6.07) is 3.26. The van der Waals surface area contributed by atoms with E-state index in [1.807, 2.05) is 17.5 Å². The van der Waals surface area contributed by atoms with Crippen molar-refractivity contribution in [2.45, 2.75) is 19.5 Å². The summed E-state index contributed by atoms with van der Waals surface area (Å²) in [6.07, 6.45) is -0.791. The van der Waals surface area contributed by atoms with Gasteiger partial charge in [0.15, 0.2) is 12.6 Å². The van der Waals surface area contributed by atoms with E-state index in [0.29, 0.717) is 31.5 Å². The van der Waals surface area contributed by atoms with Gasteiger partial charge in [-0.25, -0.2) is 4.79 Å². The Hall–Kier alpha value is -2.30. The number of carbonyl (C=O) groups excluding carboxylic acids is 2. The van der Waals surface area contributed by atoms with E-state index in [2.05, 4.69) is 20.3 Å². The topological polar surface area (TPSA) is 108 Å². The van der Waals surface area contributed by atoms with Crippen molar-refractivity contribution in [3.63, 3.8) is 0 Å². The molecule has 2 atom stereocenters. The van der Waals surface area contributed by atoms with Crippen molar-refractivity contribution in [1.29, 1.82) is 0 Å². The van der Waals surface area contributed by atoms with E-state index in [-0.39, 0.29) is 0 Å². The van der Waals surface area contributed by atoms with E-state index in [9.17, 15) is 9.59 Å². The van der Waals surface area contributed by atoms with Gasteiger partial charge in [0.2, 0.25) is 0 Å². The summed E-state index contributed by atoms with van der Waals surface area (Å²) in [4.78, 5) is 25.1. The number of ether oxygens (including phenoxy) is 2. The molecule has 9 nitrogen and oxygen atoms in total. The van der Waals surface area contributed by atoms with Gasteiger partial charge in [-0.2, -0.15) is 0 Å². The maximum Gasteiger partial charge on any atom is 0.413 e. The molecule has 0 spiro atoms. The number of rotatable bonds is 8. The maximum atomic E-state index is 12.2. The predicted molar refractivity (Wildman–Crippen MR) is 89.0 cm³/mol. The van der Waals surface area contributed by atoms with Gasteiger partial charge in [-0.05, 0) is 18.4 Å². The lowest BCUT2D eigenvalue weighted by Crippen LogP contribution is -3.16. The average Bonchev–Trinajstić information content (AvgIpc) is 3.28. The Kier molecular flexibility index (Phi) is 7.04. The first-order valence-electron chi connectivity index (χ1n) is 7.63. The smallest absolute Gasteiger partial charge is 0.413 e. The first-order chi connectivity index (χ1) is 12.0. The van der Waals surface area contributed by atoms with Gasteiger partial charge in [-0.15, -0.1) is 21.5 Å². The average molecular weight is 369 g/mol. The Morgan fingerprint density at radius 2 is 2.20 bits per heavy atom. The molecule has 0 bridgehead atoms. The molecule has 0 saturated heterocycles. The van der Waals surface area contributed by atoms with Crippen molar-refractivity contribution in [2.75, 3.05) is 27.4 Å². The lowest BCUT2D eigenvalue weighted by molar-refractivity contribution is -0.929. The number of hydrogen-bond acceptors (Lipinski definition) is 8. The number of amides is 2. The molecule has 2 rings (SSSR count). The van der Waals surface area contributed by atoms with Crippen molar-refractivity contribution in [1.82, 2.24) is 15.5 Å². The van der Waals surface area contributed by atoms with Crippen LogP contribution in [-0.2, 0) is 20.8 Å². The first-order valence-corrected chi connectivity index (χ1v) is 8.51. The minimum Gasteiger partial charge on any atom is -0.453 e. The standard InChI is InChI=1S/C15H20N4O5S/c1-10(13(20)16-15(21)23-3)19(6-7-22-2)9-12-17-18-14(24-12)11-5-4-8-25-11/h4-5,8,10H,6-7,9H2,1-3H3,(H,16,20,21)/p+1/t10-/m0/s1. The zero-order valence-corrected chi connectivity index (χ0v) is 15.1. The molecule has 2 N–H and O–H groups in total. The molecule has 0 aliphatic carbocycles. The monoisotopic (exact) mass is 369 g/mol. The van der Waals surface area contributed by atoms with Crippen molar-refractivity contribution < 1.29 is 28.4 Å². The fourth-order valence-corrected chi connectivity index (χ4v) is 2.80.